The zero-order chi connectivity index (χ0) is 19.2. The Balaban J connectivity index is 1.49. The second kappa shape index (κ2) is 8.73. The fourth-order valence-corrected chi connectivity index (χ4v) is 2.95. The fraction of sp³-hybridized carbons (Fsp3) is 0.400. The highest BCUT2D eigenvalue weighted by Crippen LogP contribution is 2.35. The van der Waals surface area contributed by atoms with Crippen molar-refractivity contribution in [2.45, 2.75) is 19.4 Å². The summed E-state index contributed by atoms with van der Waals surface area (Å²) in [5.41, 5.74) is 2.01. The molecule has 3 rings (SSSR count). The van der Waals surface area contributed by atoms with Crippen LogP contribution >= 0.6 is 0 Å². The first-order chi connectivity index (χ1) is 13.0. The molecule has 7 nitrogen and oxygen atoms in total. The van der Waals surface area contributed by atoms with Gasteiger partial charge in [-0.25, -0.2) is 4.98 Å². The lowest BCUT2D eigenvalue weighted by molar-refractivity contribution is -0.125. The molecular weight excluding hydrogens is 344 g/mol. The summed E-state index contributed by atoms with van der Waals surface area (Å²) >= 11 is 0. The Kier molecular flexibility index (Phi) is 6.13. The maximum atomic E-state index is 12.7. The Morgan fingerprint density at radius 1 is 1.19 bits per heavy atom. The summed E-state index contributed by atoms with van der Waals surface area (Å²) in [6, 6.07) is 9.21. The van der Waals surface area contributed by atoms with Crippen LogP contribution in [0.4, 0.5) is 5.82 Å². The lowest BCUT2D eigenvalue weighted by Crippen LogP contribution is -2.37. The summed E-state index contributed by atoms with van der Waals surface area (Å²) < 4.78 is 10.8. The van der Waals surface area contributed by atoms with E-state index >= 15 is 0 Å². The quantitative estimate of drug-likeness (QED) is 0.695. The highest BCUT2D eigenvalue weighted by molar-refractivity contribution is 5.83. The maximum Gasteiger partial charge on any atom is 0.241 e. The summed E-state index contributed by atoms with van der Waals surface area (Å²) in [5, 5.41) is 6.27. The molecular formula is C20H26N4O3. The highest BCUT2D eigenvalue weighted by Gasteiger charge is 2.25. The Morgan fingerprint density at radius 3 is 2.74 bits per heavy atom. The monoisotopic (exact) mass is 370 g/mol. The molecule has 1 aliphatic heterocycles. The fourth-order valence-electron chi connectivity index (χ4n) is 2.95. The van der Waals surface area contributed by atoms with Crippen LogP contribution in [-0.4, -0.2) is 49.8 Å². The van der Waals surface area contributed by atoms with Gasteiger partial charge in [0.1, 0.15) is 11.9 Å². The number of ether oxygens (including phenoxy) is 2. The first-order valence-corrected chi connectivity index (χ1v) is 9.05. The van der Waals surface area contributed by atoms with Gasteiger partial charge in [-0.1, -0.05) is 12.1 Å². The zero-order valence-electron chi connectivity index (χ0n) is 16.0. The van der Waals surface area contributed by atoms with Gasteiger partial charge in [0, 0.05) is 19.3 Å². The van der Waals surface area contributed by atoms with E-state index in [1.807, 2.05) is 62.4 Å². The molecule has 2 N–H and O–H groups in total. The van der Waals surface area contributed by atoms with Gasteiger partial charge in [0.05, 0.1) is 0 Å². The third-order valence-corrected chi connectivity index (χ3v) is 4.35. The van der Waals surface area contributed by atoms with E-state index in [1.54, 1.807) is 0 Å². The van der Waals surface area contributed by atoms with Gasteiger partial charge >= 0.3 is 0 Å². The third kappa shape index (κ3) is 4.89. The number of hydrogen-bond acceptors (Lipinski definition) is 6. The molecule has 0 aliphatic carbocycles. The van der Waals surface area contributed by atoms with E-state index in [9.17, 15) is 4.79 Å². The standard InChI is InChI=1S/C20H26N4O3/c1-14-5-8-18(23-12-14)21-9-4-10-22-20(25)19(24(2)3)15-6-7-16-17(11-15)27-13-26-16/h5-8,11-12,19H,4,9-10,13H2,1-3H3,(H,21,23)(H,22,25)/t19-/m0/s1. The number of carbonyl (C=O) groups is 1. The smallest absolute Gasteiger partial charge is 0.241 e. The molecule has 0 saturated heterocycles. The lowest BCUT2D eigenvalue weighted by Gasteiger charge is -2.24. The van der Waals surface area contributed by atoms with Crippen molar-refractivity contribution in [2.75, 3.05) is 39.3 Å². The molecule has 27 heavy (non-hydrogen) atoms. The summed E-state index contributed by atoms with van der Waals surface area (Å²) in [5.74, 6) is 2.21. The molecule has 144 valence electrons. The number of likely N-dealkylation sites (N-methyl/N-ethyl adjacent to an activating group) is 1. The number of nitrogens with one attached hydrogen (secondary N) is 2. The van der Waals surface area contributed by atoms with Crippen molar-refractivity contribution in [2.24, 2.45) is 0 Å². The maximum absolute atomic E-state index is 12.7. The first kappa shape index (κ1) is 19.0. The molecule has 0 unspecified atom stereocenters. The van der Waals surface area contributed by atoms with Gasteiger partial charge in [0.15, 0.2) is 11.5 Å². The number of amides is 1. The first-order valence-electron chi connectivity index (χ1n) is 9.05. The number of aryl methyl sites for hydroxylation is 1. The van der Waals surface area contributed by atoms with Crippen molar-refractivity contribution in [3.63, 3.8) is 0 Å². The van der Waals surface area contributed by atoms with Crippen LogP contribution in [0.1, 0.15) is 23.6 Å². The minimum Gasteiger partial charge on any atom is -0.454 e. The van der Waals surface area contributed by atoms with E-state index in [-0.39, 0.29) is 18.7 Å². The molecule has 0 radical (unpaired) electrons. The SMILES string of the molecule is Cc1ccc(NCCCNC(=O)[C@H](c2ccc3c(c2)OCO3)N(C)C)nc1. The molecule has 1 amide bonds. The zero-order valence-corrected chi connectivity index (χ0v) is 16.0. The van der Waals surface area contributed by atoms with Crippen LogP contribution in [0, 0.1) is 6.92 Å². The van der Waals surface area contributed by atoms with Crippen LogP contribution in [0.15, 0.2) is 36.5 Å². The third-order valence-electron chi connectivity index (χ3n) is 4.35. The Labute approximate surface area is 159 Å². The number of fused-ring (bicyclic) bond motifs is 1. The predicted molar refractivity (Wildman–Crippen MR) is 104 cm³/mol. The van der Waals surface area contributed by atoms with Crippen LogP contribution in [0.3, 0.4) is 0 Å². The Hall–Kier alpha value is -2.80. The van der Waals surface area contributed by atoms with E-state index in [0.717, 1.165) is 29.9 Å². The predicted octanol–water partition coefficient (Wildman–Crippen LogP) is 2.34. The molecule has 1 aromatic heterocycles. The Morgan fingerprint density at radius 2 is 2.00 bits per heavy atom. The van der Waals surface area contributed by atoms with Crippen molar-refractivity contribution in [1.29, 1.82) is 0 Å². The molecule has 2 heterocycles. The lowest BCUT2D eigenvalue weighted by atomic mass is 10.0. The van der Waals surface area contributed by atoms with E-state index in [4.69, 9.17) is 9.47 Å². The summed E-state index contributed by atoms with van der Waals surface area (Å²) in [6.07, 6.45) is 2.64. The average Bonchev–Trinajstić information content (AvgIpc) is 3.10. The molecule has 0 bridgehead atoms. The van der Waals surface area contributed by atoms with Crippen molar-refractivity contribution < 1.29 is 14.3 Å². The van der Waals surface area contributed by atoms with Gasteiger partial charge < -0.3 is 20.1 Å². The van der Waals surface area contributed by atoms with Crippen LogP contribution in [0.2, 0.25) is 0 Å². The Bertz CT molecular complexity index is 777. The number of hydrogen-bond donors (Lipinski definition) is 2. The van der Waals surface area contributed by atoms with Crippen molar-refractivity contribution in [3.05, 3.63) is 47.7 Å². The molecule has 1 aliphatic rings. The molecule has 7 heteroatoms. The number of aromatic nitrogens is 1. The summed E-state index contributed by atoms with van der Waals surface area (Å²) in [7, 11) is 3.78. The summed E-state index contributed by atoms with van der Waals surface area (Å²) in [6.45, 7) is 3.56. The minimum absolute atomic E-state index is 0.0349. The van der Waals surface area contributed by atoms with Gasteiger partial charge in [0.2, 0.25) is 12.7 Å². The molecule has 2 aromatic rings. The number of carbonyl (C=O) groups excluding carboxylic acids is 1. The molecule has 0 fully saturated rings. The second-order valence-electron chi connectivity index (χ2n) is 6.77. The largest absolute Gasteiger partial charge is 0.454 e. The molecule has 0 saturated carbocycles. The van der Waals surface area contributed by atoms with Crippen LogP contribution in [-0.2, 0) is 4.79 Å². The van der Waals surface area contributed by atoms with Gasteiger partial charge in [-0.05, 0) is 56.8 Å². The van der Waals surface area contributed by atoms with Crippen LogP contribution in [0.5, 0.6) is 11.5 Å². The second-order valence-corrected chi connectivity index (χ2v) is 6.77. The number of benzene rings is 1. The van der Waals surface area contributed by atoms with Crippen molar-refractivity contribution in [3.8, 4) is 11.5 Å². The minimum atomic E-state index is -0.383. The number of pyridine rings is 1. The molecule has 0 spiro atoms. The van der Waals surface area contributed by atoms with Gasteiger partial charge in [-0.2, -0.15) is 0 Å². The van der Waals surface area contributed by atoms with Crippen LogP contribution < -0.4 is 20.1 Å². The number of nitrogens with zero attached hydrogens (tertiary/aromatic N) is 2. The van der Waals surface area contributed by atoms with Gasteiger partial charge in [-0.15, -0.1) is 0 Å². The van der Waals surface area contributed by atoms with E-state index in [1.165, 1.54) is 0 Å². The molecule has 1 atom stereocenters. The van der Waals surface area contributed by atoms with E-state index in [2.05, 4.69) is 15.6 Å². The van der Waals surface area contributed by atoms with Gasteiger partial charge in [0.25, 0.3) is 0 Å². The van der Waals surface area contributed by atoms with Gasteiger partial charge in [-0.3, -0.25) is 9.69 Å². The number of rotatable bonds is 8. The van der Waals surface area contributed by atoms with Crippen molar-refractivity contribution in [1.82, 2.24) is 15.2 Å². The topological polar surface area (TPSA) is 75.7 Å². The molecule has 1 aromatic carbocycles. The van der Waals surface area contributed by atoms with Crippen molar-refractivity contribution >= 4 is 11.7 Å². The van der Waals surface area contributed by atoms with E-state index in [0.29, 0.717) is 18.0 Å². The average molecular weight is 370 g/mol. The normalized spacial score (nSPS) is 13.5. The summed E-state index contributed by atoms with van der Waals surface area (Å²) in [4.78, 5) is 18.9. The number of anilines is 1. The highest BCUT2D eigenvalue weighted by atomic mass is 16.7. The van der Waals surface area contributed by atoms with Crippen LogP contribution in [0.25, 0.3) is 0 Å². The van der Waals surface area contributed by atoms with E-state index < -0.39 is 0 Å².